The highest BCUT2D eigenvalue weighted by molar-refractivity contribution is 7.12. The fourth-order valence-corrected chi connectivity index (χ4v) is 2.70. The summed E-state index contributed by atoms with van der Waals surface area (Å²) in [6, 6.07) is 6.44. The first kappa shape index (κ1) is 10.9. The molecule has 0 radical (unpaired) electrons. The van der Waals surface area contributed by atoms with Crippen molar-refractivity contribution < 1.29 is 0 Å². The Balaban J connectivity index is 2.29. The third-order valence-electron chi connectivity index (χ3n) is 2.51. The lowest BCUT2D eigenvalue weighted by atomic mass is 10.1. The molecule has 0 saturated carbocycles. The topological polar surface area (TPSA) is 41.6 Å². The molecule has 1 atom stereocenters. The summed E-state index contributed by atoms with van der Waals surface area (Å²) in [4.78, 5) is 6.09. The Morgan fingerprint density at radius 3 is 3.00 bits per heavy atom. The molecule has 0 fully saturated rings. The largest absolute Gasteiger partial charge is 0.329 e. The van der Waals surface area contributed by atoms with Crippen LogP contribution in [0.4, 0.5) is 0 Å². The molecule has 0 spiro atoms. The summed E-state index contributed by atoms with van der Waals surface area (Å²) in [6.45, 7) is 2.17. The van der Waals surface area contributed by atoms with Crippen LogP contribution in [0.25, 0.3) is 0 Å². The number of nitrogens with zero attached hydrogens (tertiary/aromatic N) is 3. The van der Waals surface area contributed by atoms with Gasteiger partial charge >= 0.3 is 0 Å². The summed E-state index contributed by atoms with van der Waals surface area (Å²) >= 11 is 1.57. The maximum absolute atomic E-state index is 8.83. The van der Waals surface area contributed by atoms with Crippen LogP contribution in [0.5, 0.6) is 0 Å². The molecule has 2 aromatic heterocycles. The number of hydrogen-bond acceptors (Lipinski definition) is 3. The van der Waals surface area contributed by atoms with Crippen LogP contribution in [0.3, 0.4) is 0 Å². The molecule has 16 heavy (non-hydrogen) atoms. The van der Waals surface area contributed by atoms with Crippen molar-refractivity contribution in [3.8, 4) is 6.07 Å². The second-order valence-electron chi connectivity index (χ2n) is 3.63. The molecular weight excluding hydrogens is 218 g/mol. The van der Waals surface area contributed by atoms with Crippen molar-refractivity contribution in [3.05, 3.63) is 40.6 Å². The van der Waals surface area contributed by atoms with Crippen molar-refractivity contribution >= 4 is 11.3 Å². The molecule has 0 bridgehead atoms. The highest BCUT2D eigenvalue weighted by Crippen LogP contribution is 2.29. The van der Waals surface area contributed by atoms with Crippen molar-refractivity contribution in [2.24, 2.45) is 0 Å². The molecule has 4 heteroatoms. The Morgan fingerprint density at radius 1 is 1.56 bits per heavy atom. The second kappa shape index (κ2) is 4.95. The van der Waals surface area contributed by atoms with Crippen LogP contribution in [0.1, 0.15) is 35.6 Å². The van der Waals surface area contributed by atoms with Crippen molar-refractivity contribution in [2.45, 2.75) is 25.8 Å². The zero-order valence-electron chi connectivity index (χ0n) is 9.13. The van der Waals surface area contributed by atoms with E-state index in [0.717, 1.165) is 17.7 Å². The van der Waals surface area contributed by atoms with Crippen LogP contribution >= 0.6 is 11.3 Å². The quantitative estimate of drug-likeness (QED) is 0.810. The van der Waals surface area contributed by atoms with E-state index < -0.39 is 0 Å². The van der Waals surface area contributed by atoms with Gasteiger partial charge in [-0.1, -0.05) is 13.3 Å². The summed E-state index contributed by atoms with van der Waals surface area (Å²) in [7, 11) is 0. The molecule has 3 nitrogen and oxygen atoms in total. The maximum atomic E-state index is 8.83. The lowest BCUT2D eigenvalue weighted by Gasteiger charge is -2.15. The predicted molar refractivity (Wildman–Crippen MR) is 64.3 cm³/mol. The van der Waals surface area contributed by atoms with E-state index in [1.165, 1.54) is 4.88 Å². The minimum absolute atomic E-state index is 0.319. The summed E-state index contributed by atoms with van der Waals surface area (Å²) in [5.41, 5.74) is 0. The molecule has 0 aromatic carbocycles. The summed E-state index contributed by atoms with van der Waals surface area (Å²) in [5, 5.41) is 8.83. The van der Waals surface area contributed by atoms with Crippen LogP contribution in [0.2, 0.25) is 0 Å². The average molecular weight is 231 g/mol. The Labute approximate surface area is 99.0 Å². The van der Waals surface area contributed by atoms with Gasteiger partial charge in [-0.05, 0) is 18.6 Å². The van der Waals surface area contributed by atoms with Crippen molar-refractivity contribution in [1.29, 1.82) is 5.26 Å². The van der Waals surface area contributed by atoms with Gasteiger partial charge in [0.1, 0.15) is 10.9 Å². The first-order chi connectivity index (χ1) is 7.85. The Morgan fingerprint density at radius 2 is 2.44 bits per heavy atom. The van der Waals surface area contributed by atoms with E-state index in [1.54, 1.807) is 17.5 Å². The van der Waals surface area contributed by atoms with E-state index >= 15 is 0 Å². The lowest BCUT2D eigenvalue weighted by molar-refractivity contribution is 0.541. The van der Waals surface area contributed by atoms with E-state index in [0.29, 0.717) is 6.04 Å². The standard InChI is InChI=1S/C12H13N3S/c1-2-3-11(15-7-6-14-9-15)12-5-4-10(8-13)16-12/h4-7,9,11H,2-3H2,1H3. The molecule has 0 amide bonds. The molecule has 0 aliphatic rings. The van der Waals surface area contributed by atoms with Gasteiger partial charge in [-0.2, -0.15) is 5.26 Å². The van der Waals surface area contributed by atoms with E-state index in [1.807, 2.05) is 24.7 Å². The molecule has 1 unspecified atom stereocenters. The second-order valence-corrected chi connectivity index (χ2v) is 4.74. The van der Waals surface area contributed by atoms with Crippen molar-refractivity contribution in [2.75, 3.05) is 0 Å². The molecule has 0 N–H and O–H groups in total. The van der Waals surface area contributed by atoms with Crippen LogP contribution in [-0.4, -0.2) is 9.55 Å². The zero-order valence-corrected chi connectivity index (χ0v) is 9.94. The van der Waals surface area contributed by atoms with Gasteiger partial charge in [0, 0.05) is 17.3 Å². The summed E-state index contributed by atoms with van der Waals surface area (Å²) in [6.07, 6.45) is 7.80. The number of aromatic nitrogens is 2. The number of imidazole rings is 1. The smallest absolute Gasteiger partial charge is 0.110 e. The molecule has 0 aliphatic carbocycles. The third-order valence-corrected chi connectivity index (χ3v) is 3.60. The van der Waals surface area contributed by atoms with Gasteiger partial charge in [0.15, 0.2) is 0 Å². The Hall–Kier alpha value is -1.60. The summed E-state index contributed by atoms with van der Waals surface area (Å²) < 4.78 is 2.11. The molecule has 2 rings (SSSR count). The molecule has 82 valence electrons. The highest BCUT2D eigenvalue weighted by atomic mass is 32.1. The number of rotatable bonds is 4. The van der Waals surface area contributed by atoms with Crippen molar-refractivity contribution in [1.82, 2.24) is 9.55 Å². The fraction of sp³-hybridized carbons (Fsp3) is 0.333. The van der Waals surface area contributed by atoms with Gasteiger partial charge in [-0.15, -0.1) is 11.3 Å². The molecule has 2 aromatic rings. The van der Waals surface area contributed by atoms with E-state index in [2.05, 4.69) is 22.5 Å². The number of thiophene rings is 1. The first-order valence-corrected chi connectivity index (χ1v) is 6.14. The third kappa shape index (κ3) is 2.15. The molecule has 0 saturated heterocycles. The zero-order chi connectivity index (χ0) is 11.4. The minimum atomic E-state index is 0.319. The van der Waals surface area contributed by atoms with Crippen molar-refractivity contribution in [3.63, 3.8) is 0 Å². The molecule has 0 aliphatic heterocycles. The van der Waals surface area contributed by atoms with Crippen LogP contribution in [0, 0.1) is 11.3 Å². The Kier molecular flexibility index (Phi) is 3.37. The minimum Gasteiger partial charge on any atom is -0.329 e. The Bertz CT molecular complexity index is 479. The fourth-order valence-electron chi connectivity index (χ4n) is 1.76. The van der Waals surface area contributed by atoms with Gasteiger partial charge in [0.25, 0.3) is 0 Å². The van der Waals surface area contributed by atoms with Crippen LogP contribution in [0.15, 0.2) is 30.9 Å². The number of hydrogen-bond donors (Lipinski definition) is 0. The van der Waals surface area contributed by atoms with Crippen LogP contribution < -0.4 is 0 Å². The monoisotopic (exact) mass is 231 g/mol. The number of nitriles is 1. The highest BCUT2D eigenvalue weighted by Gasteiger charge is 2.14. The summed E-state index contributed by atoms with van der Waals surface area (Å²) in [5.74, 6) is 0. The van der Waals surface area contributed by atoms with E-state index in [-0.39, 0.29) is 0 Å². The SMILES string of the molecule is CCCC(c1ccc(C#N)s1)n1ccnc1. The van der Waals surface area contributed by atoms with Crippen LogP contribution in [-0.2, 0) is 0 Å². The van der Waals surface area contributed by atoms with Gasteiger partial charge in [0.05, 0.1) is 12.4 Å². The van der Waals surface area contributed by atoms with Gasteiger partial charge < -0.3 is 4.57 Å². The average Bonchev–Trinajstić information content (AvgIpc) is 2.97. The van der Waals surface area contributed by atoms with E-state index in [9.17, 15) is 0 Å². The van der Waals surface area contributed by atoms with E-state index in [4.69, 9.17) is 5.26 Å². The van der Waals surface area contributed by atoms with Gasteiger partial charge in [-0.3, -0.25) is 0 Å². The molecule has 2 heterocycles. The first-order valence-electron chi connectivity index (χ1n) is 5.32. The lowest BCUT2D eigenvalue weighted by Crippen LogP contribution is -2.06. The van der Waals surface area contributed by atoms with Gasteiger partial charge in [0.2, 0.25) is 0 Å². The predicted octanol–water partition coefficient (Wildman–Crippen LogP) is 3.21. The normalized spacial score (nSPS) is 12.2. The molecular formula is C12H13N3S. The van der Waals surface area contributed by atoms with Gasteiger partial charge in [-0.25, -0.2) is 4.98 Å². The maximum Gasteiger partial charge on any atom is 0.110 e.